The van der Waals surface area contributed by atoms with Gasteiger partial charge in [0.25, 0.3) is 0 Å². The van der Waals surface area contributed by atoms with Crippen molar-refractivity contribution in [2.75, 3.05) is 13.1 Å². The zero-order valence-corrected chi connectivity index (χ0v) is 10.5. The SMILES string of the molecule is CCC1CN(Cc2ccccc2)CCC1C=O. The minimum Gasteiger partial charge on any atom is -0.303 e. The van der Waals surface area contributed by atoms with Crippen molar-refractivity contribution in [3.05, 3.63) is 35.9 Å². The molecule has 0 aliphatic carbocycles. The van der Waals surface area contributed by atoms with Crippen molar-refractivity contribution in [1.82, 2.24) is 4.90 Å². The number of nitrogens with zero attached hydrogens (tertiary/aromatic N) is 1. The van der Waals surface area contributed by atoms with Gasteiger partial charge in [-0.3, -0.25) is 4.90 Å². The van der Waals surface area contributed by atoms with Crippen LogP contribution in [0.5, 0.6) is 0 Å². The highest BCUT2D eigenvalue weighted by atomic mass is 16.1. The van der Waals surface area contributed by atoms with Crippen molar-refractivity contribution in [3.8, 4) is 0 Å². The molecular weight excluding hydrogens is 210 g/mol. The van der Waals surface area contributed by atoms with Gasteiger partial charge >= 0.3 is 0 Å². The highest BCUT2D eigenvalue weighted by molar-refractivity contribution is 5.54. The zero-order chi connectivity index (χ0) is 12.1. The van der Waals surface area contributed by atoms with Gasteiger partial charge in [0, 0.05) is 19.0 Å². The first-order chi connectivity index (χ1) is 8.33. The Hall–Kier alpha value is -1.15. The van der Waals surface area contributed by atoms with Crippen molar-refractivity contribution in [2.45, 2.75) is 26.3 Å². The third-order valence-corrected chi connectivity index (χ3v) is 3.83. The van der Waals surface area contributed by atoms with E-state index in [0.717, 1.165) is 38.8 Å². The summed E-state index contributed by atoms with van der Waals surface area (Å²) < 4.78 is 0. The molecule has 0 saturated carbocycles. The summed E-state index contributed by atoms with van der Waals surface area (Å²) in [5, 5.41) is 0. The summed E-state index contributed by atoms with van der Waals surface area (Å²) in [7, 11) is 0. The highest BCUT2D eigenvalue weighted by Crippen LogP contribution is 2.25. The molecule has 0 bridgehead atoms. The number of likely N-dealkylation sites (tertiary alicyclic amines) is 1. The van der Waals surface area contributed by atoms with E-state index in [-0.39, 0.29) is 5.92 Å². The Morgan fingerprint density at radius 2 is 2.12 bits per heavy atom. The van der Waals surface area contributed by atoms with E-state index in [1.54, 1.807) is 0 Å². The Labute approximate surface area is 104 Å². The Bertz CT molecular complexity index is 349. The molecular formula is C15H21NO. The predicted molar refractivity (Wildman–Crippen MR) is 69.7 cm³/mol. The van der Waals surface area contributed by atoms with Crippen LogP contribution in [0.2, 0.25) is 0 Å². The summed E-state index contributed by atoms with van der Waals surface area (Å²) >= 11 is 0. The highest BCUT2D eigenvalue weighted by Gasteiger charge is 2.27. The topological polar surface area (TPSA) is 20.3 Å². The molecule has 1 aromatic rings. The summed E-state index contributed by atoms with van der Waals surface area (Å²) in [6, 6.07) is 10.6. The molecule has 1 saturated heterocycles. The molecule has 0 radical (unpaired) electrons. The summed E-state index contributed by atoms with van der Waals surface area (Å²) in [6.07, 6.45) is 3.29. The van der Waals surface area contributed by atoms with Gasteiger partial charge in [-0.05, 0) is 24.4 Å². The fourth-order valence-electron chi connectivity index (χ4n) is 2.72. The van der Waals surface area contributed by atoms with Crippen LogP contribution in [0.3, 0.4) is 0 Å². The number of rotatable bonds is 4. The molecule has 17 heavy (non-hydrogen) atoms. The van der Waals surface area contributed by atoms with Crippen molar-refractivity contribution in [3.63, 3.8) is 0 Å². The van der Waals surface area contributed by atoms with E-state index in [2.05, 4.69) is 42.2 Å². The number of benzene rings is 1. The van der Waals surface area contributed by atoms with E-state index < -0.39 is 0 Å². The standard InChI is InChI=1S/C15H21NO/c1-2-14-11-16(9-8-15(14)12-17)10-13-6-4-3-5-7-13/h3-7,12,14-15H,2,8-11H2,1H3. The molecule has 1 aromatic carbocycles. The lowest BCUT2D eigenvalue weighted by Gasteiger charge is -2.35. The second kappa shape index (κ2) is 5.97. The summed E-state index contributed by atoms with van der Waals surface area (Å²) in [6.45, 7) is 5.32. The molecule has 1 heterocycles. The lowest BCUT2D eigenvalue weighted by molar-refractivity contribution is -0.114. The molecule has 92 valence electrons. The van der Waals surface area contributed by atoms with Gasteiger partial charge in [0.05, 0.1) is 0 Å². The molecule has 2 unspecified atom stereocenters. The second-order valence-electron chi connectivity index (χ2n) is 4.98. The molecule has 2 heteroatoms. The maximum atomic E-state index is 11.0. The fourth-order valence-corrected chi connectivity index (χ4v) is 2.72. The van der Waals surface area contributed by atoms with Crippen molar-refractivity contribution >= 4 is 6.29 Å². The number of aldehydes is 1. The summed E-state index contributed by atoms with van der Waals surface area (Å²) in [4.78, 5) is 13.5. The Morgan fingerprint density at radius 1 is 1.35 bits per heavy atom. The van der Waals surface area contributed by atoms with E-state index in [4.69, 9.17) is 0 Å². The largest absolute Gasteiger partial charge is 0.303 e. The summed E-state index contributed by atoms with van der Waals surface area (Å²) in [5.74, 6) is 0.831. The smallest absolute Gasteiger partial charge is 0.123 e. The van der Waals surface area contributed by atoms with Crippen molar-refractivity contribution in [2.24, 2.45) is 11.8 Å². The molecule has 2 atom stereocenters. The quantitative estimate of drug-likeness (QED) is 0.743. The fraction of sp³-hybridized carbons (Fsp3) is 0.533. The van der Waals surface area contributed by atoms with Crippen LogP contribution in [0, 0.1) is 11.8 Å². The number of carbonyl (C=O) groups excluding carboxylic acids is 1. The van der Waals surface area contributed by atoms with E-state index >= 15 is 0 Å². The normalized spacial score (nSPS) is 25.7. The van der Waals surface area contributed by atoms with E-state index in [9.17, 15) is 4.79 Å². The molecule has 2 rings (SSSR count). The zero-order valence-electron chi connectivity index (χ0n) is 10.5. The Balaban J connectivity index is 1.93. The molecule has 0 amide bonds. The van der Waals surface area contributed by atoms with Crippen LogP contribution >= 0.6 is 0 Å². The third-order valence-electron chi connectivity index (χ3n) is 3.83. The number of carbonyl (C=O) groups is 1. The monoisotopic (exact) mass is 231 g/mol. The van der Waals surface area contributed by atoms with Gasteiger partial charge in [0.2, 0.25) is 0 Å². The van der Waals surface area contributed by atoms with Crippen molar-refractivity contribution in [1.29, 1.82) is 0 Å². The van der Waals surface area contributed by atoms with E-state index in [1.807, 2.05) is 0 Å². The lowest BCUT2D eigenvalue weighted by Crippen LogP contribution is -2.40. The molecule has 0 N–H and O–H groups in total. The van der Waals surface area contributed by atoms with Gasteiger partial charge in [-0.2, -0.15) is 0 Å². The van der Waals surface area contributed by atoms with Crippen molar-refractivity contribution < 1.29 is 4.79 Å². The molecule has 1 aliphatic rings. The first-order valence-electron chi connectivity index (χ1n) is 6.55. The molecule has 1 aliphatic heterocycles. The lowest BCUT2D eigenvalue weighted by atomic mass is 9.85. The van der Waals surface area contributed by atoms with Gasteiger partial charge in [-0.1, -0.05) is 43.7 Å². The van der Waals surface area contributed by atoms with Crippen LogP contribution in [0.25, 0.3) is 0 Å². The van der Waals surface area contributed by atoms with Gasteiger partial charge in [-0.25, -0.2) is 0 Å². The van der Waals surface area contributed by atoms with Gasteiger partial charge < -0.3 is 4.79 Å². The maximum absolute atomic E-state index is 11.0. The molecule has 0 spiro atoms. The second-order valence-corrected chi connectivity index (χ2v) is 4.98. The van der Waals surface area contributed by atoms with Crippen LogP contribution in [-0.2, 0) is 11.3 Å². The van der Waals surface area contributed by atoms with Crippen LogP contribution in [0.4, 0.5) is 0 Å². The average Bonchev–Trinajstić information content (AvgIpc) is 2.40. The third kappa shape index (κ3) is 3.16. The van der Waals surface area contributed by atoms with Crippen LogP contribution in [0.15, 0.2) is 30.3 Å². The Morgan fingerprint density at radius 3 is 2.76 bits per heavy atom. The van der Waals surface area contributed by atoms with Crippen LogP contribution in [-0.4, -0.2) is 24.3 Å². The number of hydrogen-bond donors (Lipinski definition) is 0. The van der Waals surface area contributed by atoms with E-state index in [1.165, 1.54) is 5.56 Å². The maximum Gasteiger partial charge on any atom is 0.123 e. The minimum absolute atomic E-state index is 0.284. The Kier molecular flexibility index (Phi) is 4.32. The molecule has 0 aromatic heterocycles. The molecule has 2 nitrogen and oxygen atoms in total. The number of piperidine rings is 1. The number of hydrogen-bond acceptors (Lipinski definition) is 2. The van der Waals surface area contributed by atoms with Gasteiger partial charge in [-0.15, -0.1) is 0 Å². The van der Waals surface area contributed by atoms with E-state index in [0.29, 0.717) is 5.92 Å². The first-order valence-corrected chi connectivity index (χ1v) is 6.55. The van der Waals surface area contributed by atoms with Crippen LogP contribution < -0.4 is 0 Å². The predicted octanol–water partition coefficient (Wildman–Crippen LogP) is 2.73. The minimum atomic E-state index is 0.284. The van der Waals surface area contributed by atoms with Crippen LogP contribution in [0.1, 0.15) is 25.3 Å². The molecule has 1 fully saturated rings. The van der Waals surface area contributed by atoms with Gasteiger partial charge in [0.15, 0.2) is 0 Å². The average molecular weight is 231 g/mol. The van der Waals surface area contributed by atoms with Gasteiger partial charge in [0.1, 0.15) is 6.29 Å². The summed E-state index contributed by atoms with van der Waals surface area (Å²) in [5.41, 5.74) is 1.37. The first kappa shape index (κ1) is 12.3.